The number of carbonyl (C=O) groups excluding carboxylic acids is 1. The fraction of sp³-hybridized carbons (Fsp3) is 0.364. The van der Waals surface area contributed by atoms with E-state index in [1.54, 1.807) is 13.1 Å². The summed E-state index contributed by atoms with van der Waals surface area (Å²) in [5, 5.41) is 4.03. The molecule has 2 aromatic carbocycles. The lowest BCUT2D eigenvalue weighted by atomic mass is 10.1. The zero-order valence-corrected chi connectivity index (χ0v) is 16.8. The zero-order valence-electron chi connectivity index (χ0n) is 16.8. The average molecular weight is 367 g/mol. The molecule has 0 spiro atoms. The van der Waals surface area contributed by atoms with Gasteiger partial charge in [0.05, 0.1) is 6.21 Å². The summed E-state index contributed by atoms with van der Waals surface area (Å²) in [4.78, 5) is 14.4. The average Bonchev–Trinajstić information content (AvgIpc) is 2.66. The summed E-state index contributed by atoms with van der Waals surface area (Å²) >= 11 is 0. The number of carbonyl (C=O) groups is 1. The number of anilines is 1. The monoisotopic (exact) mass is 367 g/mol. The SMILES string of the molecule is CCN(CC)c1ccc(/C=N/NC(=O)C(C)Oc2ccc(C)c(C)c2)cc1. The molecule has 1 N–H and O–H groups in total. The lowest BCUT2D eigenvalue weighted by molar-refractivity contribution is -0.127. The molecule has 0 aliphatic heterocycles. The Hall–Kier alpha value is -2.82. The second-order valence-corrected chi connectivity index (χ2v) is 6.50. The van der Waals surface area contributed by atoms with E-state index >= 15 is 0 Å². The minimum atomic E-state index is -0.630. The number of hydrazone groups is 1. The first-order valence-corrected chi connectivity index (χ1v) is 9.36. The maximum Gasteiger partial charge on any atom is 0.280 e. The Bertz CT molecular complexity index is 781. The third-order valence-electron chi connectivity index (χ3n) is 4.57. The van der Waals surface area contributed by atoms with Crippen LogP contribution >= 0.6 is 0 Å². The van der Waals surface area contributed by atoms with Crippen molar-refractivity contribution in [3.8, 4) is 5.75 Å². The van der Waals surface area contributed by atoms with E-state index in [1.165, 1.54) is 11.3 Å². The molecule has 144 valence electrons. The van der Waals surface area contributed by atoms with Crippen molar-refractivity contribution in [3.05, 3.63) is 59.2 Å². The topological polar surface area (TPSA) is 53.9 Å². The van der Waals surface area contributed by atoms with Gasteiger partial charge < -0.3 is 9.64 Å². The molecule has 0 heterocycles. The maximum absolute atomic E-state index is 12.2. The summed E-state index contributed by atoms with van der Waals surface area (Å²) in [5.74, 6) is 0.390. The van der Waals surface area contributed by atoms with Gasteiger partial charge in [0.2, 0.25) is 0 Å². The summed E-state index contributed by atoms with van der Waals surface area (Å²) < 4.78 is 5.69. The van der Waals surface area contributed by atoms with Crippen LogP contribution in [0.2, 0.25) is 0 Å². The second kappa shape index (κ2) is 9.76. The molecular formula is C22H29N3O2. The summed E-state index contributed by atoms with van der Waals surface area (Å²) in [7, 11) is 0. The smallest absolute Gasteiger partial charge is 0.280 e. The molecule has 2 rings (SSSR count). The molecule has 1 atom stereocenters. The fourth-order valence-corrected chi connectivity index (χ4v) is 2.67. The zero-order chi connectivity index (χ0) is 19.8. The van der Waals surface area contributed by atoms with Crippen LogP contribution in [-0.2, 0) is 4.79 Å². The van der Waals surface area contributed by atoms with Crippen molar-refractivity contribution in [3.63, 3.8) is 0 Å². The number of benzene rings is 2. The molecule has 0 saturated carbocycles. The van der Waals surface area contributed by atoms with Gasteiger partial charge in [-0.05, 0) is 75.6 Å². The first-order chi connectivity index (χ1) is 12.9. The standard InChI is InChI=1S/C22H29N3O2/c1-6-25(7-2)20-11-9-19(10-12-20)15-23-24-22(26)18(5)27-21-13-8-16(3)17(4)14-21/h8-15,18H,6-7H2,1-5H3,(H,24,26)/b23-15+. The number of nitrogens with one attached hydrogen (secondary N) is 1. The van der Waals surface area contributed by atoms with E-state index < -0.39 is 6.10 Å². The van der Waals surface area contributed by atoms with E-state index in [0.29, 0.717) is 5.75 Å². The minimum absolute atomic E-state index is 0.288. The highest BCUT2D eigenvalue weighted by molar-refractivity contribution is 5.84. The summed E-state index contributed by atoms with van der Waals surface area (Å²) in [6, 6.07) is 13.9. The molecule has 5 heteroatoms. The number of amides is 1. The lowest BCUT2D eigenvalue weighted by Crippen LogP contribution is -2.33. The maximum atomic E-state index is 12.2. The number of ether oxygens (including phenoxy) is 1. The van der Waals surface area contributed by atoms with Crippen molar-refractivity contribution in [1.82, 2.24) is 5.43 Å². The third kappa shape index (κ3) is 5.84. The number of hydrogen-bond acceptors (Lipinski definition) is 4. The van der Waals surface area contributed by atoms with Gasteiger partial charge in [-0.1, -0.05) is 18.2 Å². The van der Waals surface area contributed by atoms with Crippen LogP contribution in [0.4, 0.5) is 5.69 Å². The van der Waals surface area contributed by atoms with E-state index in [0.717, 1.165) is 24.2 Å². The van der Waals surface area contributed by atoms with Crippen LogP contribution < -0.4 is 15.1 Å². The van der Waals surface area contributed by atoms with Gasteiger partial charge in [-0.2, -0.15) is 5.10 Å². The van der Waals surface area contributed by atoms with E-state index in [4.69, 9.17) is 4.74 Å². The normalized spacial score (nSPS) is 12.0. The fourth-order valence-electron chi connectivity index (χ4n) is 2.67. The van der Waals surface area contributed by atoms with Crippen LogP contribution in [0.1, 0.15) is 37.5 Å². The Kier molecular flexibility index (Phi) is 7.41. The van der Waals surface area contributed by atoms with E-state index in [9.17, 15) is 4.79 Å². The van der Waals surface area contributed by atoms with Crippen molar-refractivity contribution in [1.29, 1.82) is 0 Å². The van der Waals surface area contributed by atoms with Crippen LogP contribution in [0.25, 0.3) is 0 Å². The Morgan fingerprint density at radius 3 is 2.37 bits per heavy atom. The molecule has 5 nitrogen and oxygen atoms in total. The van der Waals surface area contributed by atoms with E-state index in [1.807, 2.05) is 44.2 Å². The largest absolute Gasteiger partial charge is 0.481 e. The number of nitrogens with zero attached hydrogens (tertiary/aromatic N) is 2. The van der Waals surface area contributed by atoms with Crippen LogP contribution in [0.15, 0.2) is 47.6 Å². The molecule has 0 bridgehead atoms. The molecule has 2 aromatic rings. The van der Waals surface area contributed by atoms with Crippen molar-refractivity contribution in [2.24, 2.45) is 5.10 Å². The van der Waals surface area contributed by atoms with Gasteiger partial charge in [-0.25, -0.2) is 5.43 Å². The van der Waals surface area contributed by atoms with Crippen molar-refractivity contribution >= 4 is 17.8 Å². The summed E-state index contributed by atoms with van der Waals surface area (Å²) in [5.41, 5.74) is 6.96. The molecule has 0 saturated heterocycles. The quantitative estimate of drug-likeness (QED) is 0.565. The summed E-state index contributed by atoms with van der Waals surface area (Å²) in [6.07, 6.45) is 1.00. The van der Waals surface area contributed by atoms with Crippen molar-refractivity contribution < 1.29 is 9.53 Å². The van der Waals surface area contributed by atoms with Crippen LogP contribution in [0.5, 0.6) is 5.75 Å². The molecule has 0 aromatic heterocycles. The first kappa shape index (κ1) is 20.5. The van der Waals surface area contributed by atoms with Gasteiger partial charge in [0.15, 0.2) is 6.10 Å². The summed E-state index contributed by atoms with van der Waals surface area (Å²) in [6.45, 7) is 12.0. The number of hydrogen-bond donors (Lipinski definition) is 1. The van der Waals surface area contributed by atoms with Gasteiger partial charge in [-0.3, -0.25) is 4.79 Å². The molecule has 0 radical (unpaired) electrons. The van der Waals surface area contributed by atoms with Gasteiger partial charge in [-0.15, -0.1) is 0 Å². The highest BCUT2D eigenvalue weighted by atomic mass is 16.5. The first-order valence-electron chi connectivity index (χ1n) is 9.36. The predicted molar refractivity (Wildman–Crippen MR) is 112 cm³/mol. The predicted octanol–water partition coefficient (Wildman–Crippen LogP) is 4.07. The Morgan fingerprint density at radius 1 is 1.11 bits per heavy atom. The van der Waals surface area contributed by atoms with Crippen LogP contribution in [0, 0.1) is 13.8 Å². The Labute approximate surface area is 162 Å². The third-order valence-corrected chi connectivity index (χ3v) is 4.57. The Morgan fingerprint density at radius 2 is 1.78 bits per heavy atom. The van der Waals surface area contributed by atoms with Crippen LogP contribution in [-0.4, -0.2) is 31.3 Å². The number of aryl methyl sites for hydroxylation is 2. The van der Waals surface area contributed by atoms with Crippen LogP contribution in [0.3, 0.4) is 0 Å². The lowest BCUT2D eigenvalue weighted by Gasteiger charge is -2.20. The highest BCUT2D eigenvalue weighted by Gasteiger charge is 2.14. The molecule has 27 heavy (non-hydrogen) atoms. The molecule has 0 aliphatic carbocycles. The molecular weight excluding hydrogens is 338 g/mol. The highest BCUT2D eigenvalue weighted by Crippen LogP contribution is 2.18. The molecule has 1 unspecified atom stereocenters. The minimum Gasteiger partial charge on any atom is -0.481 e. The van der Waals surface area contributed by atoms with E-state index in [-0.39, 0.29) is 5.91 Å². The molecule has 0 aliphatic rings. The van der Waals surface area contributed by atoms with E-state index in [2.05, 4.69) is 41.4 Å². The second-order valence-electron chi connectivity index (χ2n) is 6.50. The van der Waals surface area contributed by atoms with Gasteiger partial charge >= 0.3 is 0 Å². The molecule has 1 amide bonds. The number of rotatable bonds is 8. The van der Waals surface area contributed by atoms with Gasteiger partial charge in [0.1, 0.15) is 5.75 Å². The Balaban J connectivity index is 1.89. The van der Waals surface area contributed by atoms with Crippen molar-refractivity contribution in [2.75, 3.05) is 18.0 Å². The van der Waals surface area contributed by atoms with Gasteiger partial charge in [0.25, 0.3) is 5.91 Å². The van der Waals surface area contributed by atoms with Crippen molar-refractivity contribution in [2.45, 2.75) is 40.7 Å². The van der Waals surface area contributed by atoms with Gasteiger partial charge in [0, 0.05) is 18.8 Å². The molecule has 0 fully saturated rings.